The quantitative estimate of drug-likeness (QED) is 0.873. The Labute approximate surface area is 137 Å². The molecule has 1 saturated heterocycles. The van der Waals surface area contributed by atoms with Crippen LogP contribution in [-0.4, -0.2) is 47.5 Å². The summed E-state index contributed by atoms with van der Waals surface area (Å²) in [4.78, 5) is 21.5. The predicted octanol–water partition coefficient (Wildman–Crippen LogP) is 3.26. The fourth-order valence-electron chi connectivity index (χ4n) is 3.29. The molecule has 23 heavy (non-hydrogen) atoms. The summed E-state index contributed by atoms with van der Waals surface area (Å²) < 4.78 is 0. The number of rotatable bonds is 3. The zero-order valence-corrected chi connectivity index (χ0v) is 13.8. The molecule has 1 unspecified atom stereocenters. The van der Waals surface area contributed by atoms with Gasteiger partial charge in [0.15, 0.2) is 0 Å². The fourth-order valence-corrected chi connectivity index (χ4v) is 3.29. The molecule has 0 spiro atoms. The highest BCUT2D eigenvalue weighted by Crippen LogP contribution is 2.27. The van der Waals surface area contributed by atoms with Gasteiger partial charge in [0.05, 0.1) is 6.17 Å². The van der Waals surface area contributed by atoms with Crippen LogP contribution in [0.5, 0.6) is 0 Å². The van der Waals surface area contributed by atoms with Gasteiger partial charge in [-0.15, -0.1) is 0 Å². The van der Waals surface area contributed by atoms with E-state index in [9.17, 15) is 4.79 Å². The summed E-state index contributed by atoms with van der Waals surface area (Å²) >= 11 is 0. The molecule has 2 aromatic rings. The Kier molecular flexibility index (Phi) is 4.72. The highest BCUT2D eigenvalue weighted by molar-refractivity contribution is 6.01. The van der Waals surface area contributed by atoms with Crippen LogP contribution in [-0.2, 0) is 0 Å². The minimum Gasteiger partial charge on any atom is -0.323 e. The van der Waals surface area contributed by atoms with E-state index in [0.717, 1.165) is 36.1 Å². The van der Waals surface area contributed by atoms with E-state index in [1.54, 1.807) is 6.20 Å². The Morgan fingerprint density at radius 1 is 1.17 bits per heavy atom. The Morgan fingerprint density at radius 2 is 2.00 bits per heavy atom. The van der Waals surface area contributed by atoms with Crippen molar-refractivity contribution in [3.8, 4) is 11.1 Å². The molecule has 0 N–H and O–H groups in total. The van der Waals surface area contributed by atoms with Crippen LogP contribution < -0.4 is 0 Å². The van der Waals surface area contributed by atoms with Gasteiger partial charge in [-0.05, 0) is 51.1 Å². The lowest BCUT2D eigenvalue weighted by Gasteiger charge is -2.39. The number of likely N-dealkylation sites (tertiary alicyclic amines) is 1. The Hall–Kier alpha value is -2.20. The fraction of sp³-hybridized carbons (Fsp3) is 0.368. The first-order valence-electron chi connectivity index (χ1n) is 8.15. The topological polar surface area (TPSA) is 36.4 Å². The molecule has 1 aromatic carbocycles. The van der Waals surface area contributed by atoms with E-state index in [-0.39, 0.29) is 12.1 Å². The van der Waals surface area contributed by atoms with E-state index in [0.29, 0.717) is 0 Å². The van der Waals surface area contributed by atoms with Crippen molar-refractivity contribution in [2.45, 2.75) is 25.4 Å². The van der Waals surface area contributed by atoms with Crippen molar-refractivity contribution in [1.82, 2.24) is 14.8 Å². The molecule has 0 bridgehead atoms. The normalized spacial score (nSPS) is 18.2. The van der Waals surface area contributed by atoms with Crippen LogP contribution in [0.25, 0.3) is 11.1 Å². The van der Waals surface area contributed by atoms with Crippen LogP contribution in [0.3, 0.4) is 0 Å². The summed E-state index contributed by atoms with van der Waals surface area (Å²) in [6, 6.07) is 11.7. The summed E-state index contributed by atoms with van der Waals surface area (Å²) in [7, 11) is 4.09. The lowest BCUT2D eigenvalue weighted by Crippen LogP contribution is -2.50. The van der Waals surface area contributed by atoms with Crippen molar-refractivity contribution >= 4 is 5.91 Å². The van der Waals surface area contributed by atoms with Crippen LogP contribution in [0, 0.1) is 0 Å². The molecular weight excluding hydrogens is 286 g/mol. The van der Waals surface area contributed by atoms with Crippen LogP contribution in [0.15, 0.2) is 48.8 Å². The first-order valence-corrected chi connectivity index (χ1v) is 8.15. The molecule has 1 atom stereocenters. The summed E-state index contributed by atoms with van der Waals surface area (Å²) in [5, 5.41) is 0. The highest BCUT2D eigenvalue weighted by atomic mass is 16.2. The van der Waals surface area contributed by atoms with Gasteiger partial charge in [-0.1, -0.05) is 24.3 Å². The summed E-state index contributed by atoms with van der Waals surface area (Å²) in [6.07, 6.45) is 7.03. The molecule has 1 fully saturated rings. The zero-order chi connectivity index (χ0) is 16.2. The number of piperidine rings is 1. The number of aromatic nitrogens is 1. The monoisotopic (exact) mass is 309 g/mol. The Bertz CT molecular complexity index is 669. The maximum absolute atomic E-state index is 13.2. The molecule has 1 amide bonds. The van der Waals surface area contributed by atoms with E-state index in [4.69, 9.17) is 0 Å². The molecule has 3 rings (SSSR count). The van der Waals surface area contributed by atoms with Gasteiger partial charge in [0, 0.05) is 30.1 Å². The van der Waals surface area contributed by atoms with Crippen molar-refractivity contribution in [1.29, 1.82) is 0 Å². The minimum absolute atomic E-state index is 0.114. The second-order valence-electron chi connectivity index (χ2n) is 6.23. The highest BCUT2D eigenvalue weighted by Gasteiger charge is 2.29. The molecule has 0 radical (unpaired) electrons. The van der Waals surface area contributed by atoms with Gasteiger partial charge < -0.3 is 4.90 Å². The molecule has 0 aliphatic carbocycles. The molecule has 120 valence electrons. The number of hydrogen-bond acceptors (Lipinski definition) is 3. The molecule has 1 aromatic heterocycles. The van der Waals surface area contributed by atoms with E-state index in [2.05, 4.69) is 9.88 Å². The summed E-state index contributed by atoms with van der Waals surface area (Å²) in [5.41, 5.74) is 2.69. The second kappa shape index (κ2) is 6.92. The largest absolute Gasteiger partial charge is 0.323 e. The molecule has 2 heterocycles. The number of nitrogens with zero attached hydrogens (tertiary/aromatic N) is 3. The zero-order valence-electron chi connectivity index (χ0n) is 13.8. The SMILES string of the molecule is CN(C)C1CCCCN1C(=O)c1ccccc1-c1cccnc1. The lowest BCUT2D eigenvalue weighted by atomic mass is 9.98. The van der Waals surface area contributed by atoms with Gasteiger partial charge in [-0.25, -0.2) is 0 Å². The van der Waals surface area contributed by atoms with E-state index >= 15 is 0 Å². The molecular formula is C19H23N3O. The van der Waals surface area contributed by atoms with Gasteiger partial charge in [0.2, 0.25) is 0 Å². The van der Waals surface area contributed by atoms with Gasteiger partial charge in [0.25, 0.3) is 5.91 Å². The number of pyridine rings is 1. The smallest absolute Gasteiger partial charge is 0.255 e. The van der Waals surface area contributed by atoms with Crippen molar-refractivity contribution in [3.63, 3.8) is 0 Å². The van der Waals surface area contributed by atoms with Crippen LogP contribution in [0.2, 0.25) is 0 Å². The van der Waals surface area contributed by atoms with Gasteiger partial charge in [-0.2, -0.15) is 0 Å². The molecule has 4 heteroatoms. The summed E-state index contributed by atoms with van der Waals surface area (Å²) in [5.74, 6) is 0.114. The van der Waals surface area contributed by atoms with Crippen LogP contribution >= 0.6 is 0 Å². The number of hydrogen-bond donors (Lipinski definition) is 0. The maximum atomic E-state index is 13.2. The number of benzene rings is 1. The van der Waals surface area contributed by atoms with Crippen molar-refractivity contribution in [2.24, 2.45) is 0 Å². The summed E-state index contributed by atoms with van der Waals surface area (Å²) in [6.45, 7) is 0.822. The molecule has 1 aliphatic rings. The first-order chi connectivity index (χ1) is 11.2. The molecule has 1 aliphatic heterocycles. The van der Waals surface area contributed by atoms with Gasteiger partial charge in [0.1, 0.15) is 0 Å². The van der Waals surface area contributed by atoms with Crippen molar-refractivity contribution < 1.29 is 4.79 Å². The molecule has 0 saturated carbocycles. The van der Waals surface area contributed by atoms with Gasteiger partial charge >= 0.3 is 0 Å². The second-order valence-corrected chi connectivity index (χ2v) is 6.23. The average molecular weight is 309 g/mol. The van der Waals surface area contributed by atoms with Crippen molar-refractivity contribution in [3.05, 3.63) is 54.4 Å². The Morgan fingerprint density at radius 3 is 2.74 bits per heavy atom. The standard InChI is InChI=1S/C19H23N3O/c1-21(2)18-11-5-6-13-22(18)19(23)17-10-4-3-9-16(17)15-8-7-12-20-14-15/h3-4,7-10,12,14,18H,5-6,11,13H2,1-2H3. The van der Waals surface area contributed by atoms with Gasteiger partial charge in [-0.3, -0.25) is 14.7 Å². The third-order valence-electron chi connectivity index (χ3n) is 4.46. The van der Waals surface area contributed by atoms with Crippen LogP contribution in [0.1, 0.15) is 29.6 Å². The van der Waals surface area contributed by atoms with E-state index in [1.165, 1.54) is 6.42 Å². The van der Waals surface area contributed by atoms with E-state index in [1.807, 2.05) is 61.6 Å². The maximum Gasteiger partial charge on any atom is 0.255 e. The Balaban J connectivity index is 1.97. The minimum atomic E-state index is 0.114. The van der Waals surface area contributed by atoms with Crippen LogP contribution in [0.4, 0.5) is 0 Å². The third kappa shape index (κ3) is 3.27. The number of carbonyl (C=O) groups is 1. The average Bonchev–Trinajstić information content (AvgIpc) is 2.62. The van der Waals surface area contributed by atoms with E-state index < -0.39 is 0 Å². The lowest BCUT2D eigenvalue weighted by molar-refractivity contribution is 0.0317. The number of amides is 1. The molecule has 4 nitrogen and oxygen atoms in total. The third-order valence-corrected chi connectivity index (χ3v) is 4.46. The van der Waals surface area contributed by atoms with Crippen molar-refractivity contribution in [2.75, 3.05) is 20.6 Å². The predicted molar refractivity (Wildman–Crippen MR) is 92.0 cm³/mol. The number of carbonyl (C=O) groups excluding carboxylic acids is 1. The first kappa shape index (κ1) is 15.7.